The van der Waals surface area contributed by atoms with Crippen molar-refractivity contribution in [3.8, 4) is 23.0 Å². The SMILES string of the molecule is COc1ccc(N=C2NC(=O)/C(=C/c3ccc(O)c(OC)c3)S2)c(OC)c1. The topological polar surface area (TPSA) is 89.4 Å². The Hall–Kier alpha value is -3.13. The summed E-state index contributed by atoms with van der Waals surface area (Å²) in [5.41, 5.74) is 1.30. The quantitative estimate of drug-likeness (QED) is 0.767. The summed E-state index contributed by atoms with van der Waals surface area (Å²) in [6.45, 7) is 0. The molecule has 3 rings (SSSR count). The van der Waals surface area contributed by atoms with Crippen molar-refractivity contribution in [2.24, 2.45) is 4.99 Å². The summed E-state index contributed by atoms with van der Waals surface area (Å²) in [4.78, 5) is 17.2. The maximum Gasteiger partial charge on any atom is 0.264 e. The van der Waals surface area contributed by atoms with Gasteiger partial charge in [0.15, 0.2) is 16.7 Å². The minimum Gasteiger partial charge on any atom is -0.504 e. The molecule has 1 aliphatic rings. The summed E-state index contributed by atoms with van der Waals surface area (Å²) in [6.07, 6.45) is 1.70. The molecule has 27 heavy (non-hydrogen) atoms. The predicted octanol–water partition coefficient (Wildman–Crippen LogP) is 3.31. The van der Waals surface area contributed by atoms with E-state index in [0.717, 1.165) is 5.56 Å². The molecule has 2 aromatic rings. The third kappa shape index (κ3) is 4.17. The number of thioether (sulfide) groups is 1. The Morgan fingerprint density at radius 2 is 1.81 bits per heavy atom. The van der Waals surface area contributed by atoms with Gasteiger partial charge in [-0.3, -0.25) is 4.79 Å². The number of carbonyl (C=O) groups excluding carboxylic acids is 1. The zero-order valence-corrected chi connectivity index (χ0v) is 15.8. The first kappa shape index (κ1) is 18.7. The van der Waals surface area contributed by atoms with Crippen LogP contribution in [0.4, 0.5) is 5.69 Å². The molecule has 1 saturated heterocycles. The van der Waals surface area contributed by atoms with Crippen LogP contribution in [0.15, 0.2) is 46.3 Å². The van der Waals surface area contributed by atoms with E-state index in [-0.39, 0.29) is 11.7 Å². The van der Waals surface area contributed by atoms with Crippen molar-refractivity contribution >= 4 is 34.6 Å². The van der Waals surface area contributed by atoms with E-state index < -0.39 is 0 Å². The average molecular weight is 386 g/mol. The first-order valence-electron chi connectivity index (χ1n) is 7.92. The first-order valence-corrected chi connectivity index (χ1v) is 8.74. The van der Waals surface area contributed by atoms with E-state index in [1.807, 2.05) is 0 Å². The molecule has 2 N–H and O–H groups in total. The van der Waals surface area contributed by atoms with Crippen LogP contribution in [-0.2, 0) is 4.79 Å². The maximum absolute atomic E-state index is 12.2. The second-order valence-electron chi connectivity index (χ2n) is 5.45. The van der Waals surface area contributed by atoms with Crippen molar-refractivity contribution in [3.05, 3.63) is 46.9 Å². The van der Waals surface area contributed by atoms with E-state index >= 15 is 0 Å². The number of phenolic OH excluding ortho intramolecular Hbond substituents is 1. The van der Waals surface area contributed by atoms with E-state index in [4.69, 9.17) is 14.2 Å². The van der Waals surface area contributed by atoms with E-state index in [9.17, 15) is 9.90 Å². The molecule has 0 saturated carbocycles. The standard InChI is InChI=1S/C19H18N2O5S/c1-24-12-5-6-13(15(10-12)25-2)20-19-21-18(23)17(27-19)9-11-4-7-14(22)16(8-11)26-3/h4-10,22H,1-3H3,(H,20,21,23)/b17-9-. The molecule has 0 unspecified atom stereocenters. The monoisotopic (exact) mass is 386 g/mol. The zero-order chi connectivity index (χ0) is 19.4. The fraction of sp³-hybridized carbons (Fsp3) is 0.158. The van der Waals surface area contributed by atoms with Crippen molar-refractivity contribution < 1.29 is 24.1 Å². The van der Waals surface area contributed by atoms with Gasteiger partial charge in [0.2, 0.25) is 0 Å². The van der Waals surface area contributed by atoms with Crippen molar-refractivity contribution in [2.45, 2.75) is 0 Å². The molecule has 8 heteroatoms. The van der Waals surface area contributed by atoms with Crippen LogP contribution in [0.5, 0.6) is 23.0 Å². The number of nitrogens with one attached hydrogen (secondary N) is 1. The fourth-order valence-corrected chi connectivity index (χ4v) is 3.24. The number of nitrogens with zero attached hydrogens (tertiary/aromatic N) is 1. The minimum absolute atomic E-state index is 0.0389. The van der Waals surface area contributed by atoms with E-state index in [1.165, 1.54) is 24.9 Å². The highest BCUT2D eigenvalue weighted by Crippen LogP contribution is 2.35. The molecule has 0 aliphatic carbocycles. The van der Waals surface area contributed by atoms with E-state index in [2.05, 4.69) is 10.3 Å². The number of aliphatic imine (C=N–C) groups is 1. The van der Waals surface area contributed by atoms with Crippen LogP contribution < -0.4 is 19.5 Å². The Morgan fingerprint density at radius 3 is 2.52 bits per heavy atom. The molecule has 0 radical (unpaired) electrons. The number of aromatic hydroxyl groups is 1. The molecule has 1 fully saturated rings. The Labute approximate surface area is 160 Å². The highest BCUT2D eigenvalue weighted by Gasteiger charge is 2.24. The van der Waals surface area contributed by atoms with E-state index in [0.29, 0.717) is 33.0 Å². The summed E-state index contributed by atoms with van der Waals surface area (Å²) in [7, 11) is 4.58. The van der Waals surface area contributed by atoms with Crippen molar-refractivity contribution in [1.29, 1.82) is 0 Å². The highest BCUT2D eigenvalue weighted by molar-refractivity contribution is 8.18. The molecule has 140 valence electrons. The van der Waals surface area contributed by atoms with Crippen LogP contribution in [-0.4, -0.2) is 37.5 Å². The van der Waals surface area contributed by atoms with Gasteiger partial charge in [0.25, 0.3) is 5.91 Å². The maximum atomic E-state index is 12.2. The van der Waals surface area contributed by atoms with Gasteiger partial charge in [0.05, 0.1) is 26.2 Å². The molecule has 0 bridgehead atoms. The Balaban J connectivity index is 1.86. The smallest absolute Gasteiger partial charge is 0.264 e. The molecule has 1 aliphatic heterocycles. The second-order valence-corrected chi connectivity index (χ2v) is 6.48. The van der Waals surface area contributed by atoms with Crippen LogP contribution in [0.1, 0.15) is 5.56 Å². The van der Waals surface area contributed by atoms with Gasteiger partial charge in [0.1, 0.15) is 17.2 Å². The lowest BCUT2D eigenvalue weighted by Crippen LogP contribution is -2.19. The number of amides is 1. The molecule has 2 aromatic carbocycles. The van der Waals surface area contributed by atoms with Crippen LogP contribution >= 0.6 is 11.8 Å². The third-order valence-corrected chi connectivity index (χ3v) is 4.67. The van der Waals surface area contributed by atoms with Gasteiger partial charge in [-0.15, -0.1) is 0 Å². The molecule has 0 atom stereocenters. The van der Waals surface area contributed by atoms with Gasteiger partial charge in [-0.2, -0.15) is 0 Å². The van der Waals surface area contributed by atoms with Crippen molar-refractivity contribution in [3.63, 3.8) is 0 Å². The normalized spacial score (nSPS) is 16.5. The predicted molar refractivity (Wildman–Crippen MR) is 105 cm³/mol. The van der Waals surface area contributed by atoms with Gasteiger partial charge in [-0.1, -0.05) is 6.07 Å². The van der Waals surface area contributed by atoms with Crippen molar-refractivity contribution in [2.75, 3.05) is 21.3 Å². The molecular formula is C19H18N2O5S. The van der Waals surface area contributed by atoms with Gasteiger partial charge >= 0.3 is 0 Å². The highest BCUT2D eigenvalue weighted by atomic mass is 32.2. The van der Waals surface area contributed by atoms with Crippen LogP contribution in [0, 0.1) is 0 Å². The van der Waals surface area contributed by atoms with Gasteiger partial charge in [-0.25, -0.2) is 4.99 Å². The Morgan fingerprint density at radius 1 is 1.04 bits per heavy atom. The second kappa shape index (κ2) is 8.05. The van der Waals surface area contributed by atoms with Crippen LogP contribution in [0.2, 0.25) is 0 Å². The Kier molecular flexibility index (Phi) is 5.56. The molecule has 1 amide bonds. The molecular weight excluding hydrogens is 368 g/mol. The largest absolute Gasteiger partial charge is 0.504 e. The lowest BCUT2D eigenvalue weighted by Gasteiger charge is -2.07. The van der Waals surface area contributed by atoms with Crippen LogP contribution in [0.3, 0.4) is 0 Å². The summed E-state index contributed by atoms with van der Waals surface area (Å²) in [6, 6.07) is 10.1. The number of methoxy groups -OCH3 is 3. The van der Waals surface area contributed by atoms with Crippen LogP contribution in [0.25, 0.3) is 6.08 Å². The number of rotatable bonds is 5. The van der Waals surface area contributed by atoms with Crippen molar-refractivity contribution in [1.82, 2.24) is 5.32 Å². The summed E-state index contributed by atoms with van der Waals surface area (Å²) >= 11 is 1.22. The first-order chi connectivity index (χ1) is 13.0. The molecule has 7 nitrogen and oxygen atoms in total. The lowest BCUT2D eigenvalue weighted by molar-refractivity contribution is -0.115. The lowest BCUT2D eigenvalue weighted by atomic mass is 10.2. The molecule has 0 aromatic heterocycles. The summed E-state index contributed by atoms with van der Waals surface area (Å²) in [5.74, 6) is 1.32. The minimum atomic E-state index is -0.252. The summed E-state index contributed by atoms with van der Waals surface area (Å²) in [5, 5.41) is 12.8. The van der Waals surface area contributed by atoms with Gasteiger partial charge in [0, 0.05) is 6.07 Å². The number of hydrogen-bond acceptors (Lipinski definition) is 7. The number of benzene rings is 2. The number of amidine groups is 1. The van der Waals surface area contributed by atoms with E-state index in [1.54, 1.807) is 50.6 Å². The number of hydrogen-bond donors (Lipinski definition) is 2. The third-order valence-electron chi connectivity index (χ3n) is 3.76. The molecule has 1 heterocycles. The van der Waals surface area contributed by atoms with Gasteiger partial charge in [-0.05, 0) is 47.7 Å². The number of carbonyl (C=O) groups is 1. The fourth-order valence-electron chi connectivity index (χ4n) is 2.40. The Bertz CT molecular complexity index is 940. The summed E-state index contributed by atoms with van der Waals surface area (Å²) < 4.78 is 15.6. The number of ether oxygens (including phenoxy) is 3. The molecule has 0 spiro atoms. The number of phenols is 1. The average Bonchev–Trinajstić information content (AvgIpc) is 3.02. The zero-order valence-electron chi connectivity index (χ0n) is 15.0. The van der Waals surface area contributed by atoms with Gasteiger partial charge < -0.3 is 24.6 Å².